The third-order valence-corrected chi connectivity index (χ3v) is 7.80. The largest absolute Gasteiger partial charge is 0.550 e. The molecule has 0 fully saturated rings. The van der Waals surface area contributed by atoms with Crippen molar-refractivity contribution < 1.29 is 14.6 Å². The van der Waals surface area contributed by atoms with Crippen LogP contribution in [0.15, 0.2) is 99.6 Å². The van der Waals surface area contributed by atoms with Crippen LogP contribution in [0.2, 0.25) is 0 Å². The molecule has 188 valence electrons. The zero-order valence-corrected chi connectivity index (χ0v) is 22.1. The lowest BCUT2D eigenvalue weighted by Crippen LogP contribution is -2.19. The van der Waals surface area contributed by atoms with Gasteiger partial charge in [0.2, 0.25) is 0 Å². The number of unbranched alkanes of at least 4 members (excludes halogenated alkanes) is 7. The normalized spacial score (nSPS) is 10.5. The summed E-state index contributed by atoms with van der Waals surface area (Å²) < 4.78 is 6.00. The highest BCUT2D eigenvalue weighted by Crippen LogP contribution is 2.31. The molecule has 3 nitrogen and oxygen atoms in total. The van der Waals surface area contributed by atoms with Gasteiger partial charge in [0.05, 0.1) is 17.5 Å². The van der Waals surface area contributed by atoms with Crippen molar-refractivity contribution in [3.05, 3.63) is 84.9 Å². The molecule has 0 aliphatic carbocycles. The first-order chi connectivity index (χ1) is 17.2. The second-order valence-electron chi connectivity index (χ2n) is 8.45. The molecule has 0 N–H and O–H groups in total. The first kappa shape index (κ1) is 28.5. The molecule has 0 heterocycles. The van der Waals surface area contributed by atoms with Crippen molar-refractivity contribution in [3.63, 3.8) is 0 Å². The number of hydrogen-bond acceptors (Lipinski definition) is 3. The van der Waals surface area contributed by atoms with E-state index in [0.29, 0.717) is 0 Å². The quantitative estimate of drug-likeness (QED) is 0.173. The molecule has 4 heteroatoms. The van der Waals surface area contributed by atoms with Gasteiger partial charge in [0.15, 0.2) is 14.7 Å². The molecule has 0 radical (unpaired) electrons. The Morgan fingerprint density at radius 2 is 1.09 bits per heavy atom. The van der Waals surface area contributed by atoms with Gasteiger partial charge < -0.3 is 14.6 Å². The molecule has 0 amide bonds. The number of carboxylic acids is 1. The number of carbonyl (C=O) groups is 1. The van der Waals surface area contributed by atoms with Crippen LogP contribution >= 0.6 is 0 Å². The van der Waals surface area contributed by atoms with E-state index in [4.69, 9.17) is 4.74 Å². The van der Waals surface area contributed by atoms with E-state index in [-0.39, 0.29) is 17.3 Å². The van der Waals surface area contributed by atoms with Gasteiger partial charge in [0, 0.05) is 5.97 Å². The van der Waals surface area contributed by atoms with Gasteiger partial charge in [-0.2, -0.15) is 0 Å². The van der Waals surface area contributed by atoms with Crippen LogP contribution in [-0.2, 0) is 15.7 Å². The number of hydrogen-bond donors (Lipinski definition) is 0. The molecule has 0 aliphatic rings. The standard InChI is InChI=1S/C28H35OS.C3H6O2/c1-2-3-4-5-6-7-8-15-24-29-25-20-22-28(23-21-25)30(26-16-11-9-12-17-26)27-18-13-10-14-19-27;1-2-3(4)5/h9-14,16-23H,2-8,15,24H2,1H3;2H2,1H3,(H,4,5)/q+1;/p-1. The number of aliphatic carboxylic acids is 1. The fourth-order valence-corrected chi connectivity index (χ4v) is 5.70. The van der Waals surface area contributed by atoms with Crippen molar-refractivity contribution in [1.82, 2.24) is 0 Å². The number of carboxylic acid groups (broad SMARTS) is 1. The highest BCUT2D eigenvalue weighted by molar-refractivity contribution is 7.97. The van der Waals surface area contributed by atoms with Crippen LogP contribution in [0.5, 0.6) is 5.75 Å². The summed E-state index contributed by atoms with van der Waals surface area (Å²) in [5.41, 5.74) is 0. The fourth-order valence-electron chi connectivity index (χ4n) is 3.62. The molecule has 0 bridgehead atoms. The van der Waals surface area contributed by atoms with Gasteiger partial charge in [-0.1, -0.05) is 95.2 Å². The topological polar surface area (TPSA) is 49.4 Å². The summed E-state index contributed by atoms with van der Waals surface area (Å²) in [6.45, 7) is 4.63. The summed E-state index contributed by atoms with van der Waals surface area (Å²) in [6, 6.07) is 30.3. The van der Waals surface area contributed by atoms with Crippen LogP contribution in [0, 0.1) is 0 Å². The summed E-state index contributed by atoms with van der Waals surface area (Å²) in [4.78, 5) is 13.3. The molecule has 3 aromatic rings. The van der Waals surface area contributed by atoms with E-state index in [9.17, 15) is 9.90 Å². The third kappa shape index (κ3) is 11.5. The molecular formula is C31H40O3S. The van der Waals surface area contributed by atoms with E-state index in [1.807, 2.05) is 0 Å². The Kier molecular flexibility index (Phi) is 14.4. The van der Waals surface area contributed by atoms with Crippen LogP contribution in [0.4, 0.5) is 0 Å². The minimum absolute atomic E-state index is 0.0923. The molecule has 0 atom stereocenters. The highest BCUT2D eigenvalue weighted by Gasteiger charge is 2.28. The van der Waals surface area contributed by atoms with Crippen LogP contribution in [0.1, 0.15) is 71.6 Å². The van der Waals surface area contributed by atoms with E-state index in [1.54, 1.807) is 0 Å². The molecule has 0 aliphatic heterocycles. The van der Waals surface area contributed by atoms with E-state index in [2.05, 4.69) is 91.9 Å². The Bertz CT molecular complexity index is 887. The van der Waals surface area contributed by atoms with Crippen molar-refractivity contribution in [2.24, 2.45) is 0 Å². The van der Waals surface area contributed by atoms with Gasteiger partial charge in [0.1, 0.15) is 5.75 Å². The number of rotatable bonds is 14. The average Bonchev–Trinajstić information content (AvgIpc) is 2.90. The predicted octanol–water partition coefficient (Wildman–Crippen LogP) is 7.45. The monoisotopic (exact) mass is 492 g/mol. The smallest absolute Gasteiger partial charge is 0.166 e. The number of ether oxygens (including phenoxy) is 1. The maximum Gasteiger partial charge on any atom is 0.166 e. The fraction of sp³-hybridized carbons (Fsp3) is 0.387. The predicted molar refractivity (Wildman–Crippen MR) is 145 cm³/mol. The zero-order chi connectivity index (χ0) is 25.1. The molecular weight excluding hydrogens is 452 g/mol. The van der Waals surface area contributed by atoms with Crippen LogP contribution in [-0.4, -0.2) is 12.6 Å². The Balaban J connectivity index is 0.000000784. The summed E-state index contributed by atoms with van der Waals surface area (Å²) in [5, 5.41) is 9.26. The summed E-state index contributed by atoms with van der Waals surface area (Å²) in [5.74, 6) is -0.0173. The van der Waals surface area contributed by atoms with E-state index < -0.39 is 5.97 Å². The maximum absolute atomic E-state index is 9.26. The van der Waals surface area contributed by atoms with Gasteiger partial charge in [-0.15, -0.1) is 0 Å². The molecule has 35 heavy (non-hydrogen) atoms. The summed E-state index contributed by atoms with van der Waals surface area (Å²) in [6.07, 6.45) is 10.7. The molecule has 0 saturated heterocycles. The van der Waals surface area contributed by atoms with Crippen molar-refractivity contribution in [3.8, 4) is 5.75 Å². The molecule has 3 rings (SSSR count). The first-order valence-electron chi connectivity index (χ1n) is 12.9. The Labute approximate surface area is 214 Å². The lowest BCUT2D eigenvalue weighted by Gasteiger charge is -2.09. The lowest BCUT2D eigenvalue weighted by molar-refractivity contribution is -0.305. The molecule has 0 unspecified atom stereocenters. The van der Waals surface area contributed by atoms with Crippen LogP contribution in [0.3, 0.4) is 0 Å². The third-order valence-electron chi connectivity index (χ3n) is 5.57. The average molecular weight is 493 g/mol. The molecule has 3 aromatic carbocycles. The van der Waals surface area contributed by atoms with E-state index in [0.717, 1.165) is 18.8 Å². The molecule has 0 aromatic heterocycles. The van der Waals surface area contributed by atoms with E-state index in [1.165, 1.54) is 66.6 Å². The summed E-state index contributed by atoms with van der Waals surface area (Å²) >= 11 is 0. The second-order valence-corrected chi connectivity index (χ2v) is 10.5. The highest BCUT2D eigenvalue weighted by atomic mass is 32.2. The van der Waals surface area contributed by atoms with Crippen molar-refractivity contribution >= 4 is 16.9 Å². The Morgan fingerprint density at radius 1 is 0.657 bits per heavy atom. The van der Waals surface area contributed by atoms with Crippen molar-refractivity contribution in [2.45, 2.75) is 86.3 Å². The van der Waals surface area contributed by atoms with Gasteiger partial charge in [-0.25, -0.2) is 0 Å². The summed E-state index contributed by atoms with van der Waals surface area (Å²) in [7, 11) is -0.0923. The van der Waals surface area contributed by atoms with Gasteiger partial charge in [-0.3, -0.25) is 0 Å². The molecule has 0 saturated carbocycles. The van der Waals surface area contributed by atoms with Gasteiger partial charge in [-0.05, 0) is 61.4 Å². The van der Waals surface area contributed by atoms with Crippen molar-refractivity contribution in [2.75, 3.05) is 6.61 Å². The van der Waals surface area contributed by atoms with E-state index >= 15 is 0 Å². The van der Waals surface area contributed by atoms with Gasteiger partial charge >= 0.3 is 0 Å². The lowest BCUT2D eigenvalue weighted by atomic mass is 10.1. The maximum atomic E-state index is 9.26. The Morgan fingerprint density at radius 3 is 1.54 bits per heavy atom. The molecule has 0 spiro atoms. The second kappa shape index (κ2) is 17.7. The van der Waals surface area contributed by atoms with Crippen LogP contribution < -0.4 is 9.84 Å². The minimum Gasteiger partial charge on any atom is -0.550 e. The first-order valence-corrected chi connectivity index (χ1v) is 14.1. The SMILES string of the molecule is CCC(=O)[O-].CCCCCCCCCCOc1ccc([S+](c2ccccc2)c2ccccc2)cc1. The zero-order valence-electron chi connectivity index (χ0n) is 21.3. The number of benzene rings is 3. The van der Waals surface area contributed by atoms with Crippen molar-refractivity contribution in [1.29, 1.82) is 0 Å². The Hall–Kier alpha value is -2.72. The number of carbonyl (C=O) groups excluding carboxylic acids is 1. The van der Waals surface area contributed by atoms with Crippen LogP contribution in [0.25, 0.3) is 0 Å². The van der Waals surface area contributed by atoms with Gasteiger partial charge in [0.25, 0.3) is 0 Å². The minimum atomic E-state index is -0.995.